The lowest BCUT2D eigenvalue weighted by molar-refractivity contribution is 0.00279. The number of hydrogen-bond donors (Lipinski definition) is 1. The number of primary amides is 1. The number of carbonyl (C=O) groups excluding carboxylic acids is 2. The molecule has 0 radical (unpaired) electrons. The summed E-state index contributed by atoms with van der Waals surface area (Å²) in [5, 5.41) is 0. The van der Waals surface area contributed by atoms with Crippen molar-refractivity contribution in [2.75, 3.05) is 24.6 Å². The fraction of sp³-hybridized carbons (Fsp3) is 0.391. The topological polar surface area (TPSA) is 72.6 Å². The number of anilines is 1. The van der Waals surface area contributed by atoms with Crippen LogP contribution in [0.5, 0.6) is 5.75 Å². The minimum Gasteiger partial charge on any atom is -0.493 e. The summed E-state index contributed by atoms with van der Waals surface area (Å²) >= 11 is 3.46. The lowest BCUT2D eigenvalue weighted by Crippen LogP contribution is -2.48. The van der Waals surface area contributed by atoms with E-state index in [0.717, 1.165) is 55.2 Å². The number of carbonyl (C=O) groups is 2. The molecule has 7 heteroatoms. The van der Waals surface area contributed by atoms with Gasteiger partial charge < -0.3 is 15.4 Å². The van der Waals surface area contributed by atoms with E-state index in [1.165, 1.54) is 12.1 Å². The van der Waals surface area contributed by atoms with Crippen molar-refractivity contribution in [1.82, 2.24) is 0 Å². The zero-order chi connectivity index (χ0) is 21.3. The van der Waals surface area contributed by atoms with Crippen molar-refractivity contribution in [3.8, 4) is 5.75 Å². The molecule has 2 fully saturated rings. The Morgan fingerprint density at radius 2 is 2.00 bits per heavy atom. The SMILES string of the molecule is NC(=O)c1ccc(OCC2CC3(CCN(c4cccc(Br)c4C=O)CC3)C2)cc1F. The largest absolute Gasteiger partial charge is 0.493 e. The Bertz CT molecular complexity index is 965. The Balaban J connectivity index is 1.28. The van der Waals surface area contributed by atoms with Crippen LogP contribution in [0.4, 0.5) is 10.1 Å². The summed E-state index contributed by atoms with van der Waals surface area (Å²) in [5.74, 6) is -0.565. The highest BCUT2D eigenvalue weighted by Crippen LogP contribution is 2.53. The molecule has 0 unspecified atom stereocenters. The minimum atomic E-state index is -0.783. The summed E-state index contributed by atoms with van der Waals surface area (Å²) in [6.07, 6.45) is 5.30. The van der Waals surface area contributed by atoms with Crippen LogP contribution in [-0.4, -0.2) is 31.9 Å². The van der Waals surface area contributed by atoms with Gasteiger partial charge in [-0.05, 0) is 77.2 Å². The third-order valence-corrected chi connectivity index (χ3v) is 7.14. The van der Waals surface area contributed by atoms with Crippen LogP contribution < -0.4 is 15.4 Å². The maximum absolute atomic E-state index is 13.9. The van der Waals surface area contributed by atoms with Crippen molar-refractivity contribution in [1.29, 1.82) is 0 Å². The van der Waals surface area contributed by atoms with Crippen LogP contribution >= 0.6 is 15.9 Å². The predicted molar refractivity (Wildman–Crippen MR) is 117 cm³/mol. The van der Waals surface area contributed by atoms with Gasteiger partial charge in [0.25, 0.3) is 5.91 Å². The molecule has 2 aliphatic rings. The highest BCUT2D eigenvalue weighted by Gasteiger charge is 2.46. The van der Waals surface area contributed by atoms with E-state index in [9.17, 15) is 14.0 Å². The van der Waals surface area contributed by atoms with Gasteiger partial charge in [0.1, 0.15) is 11.6 Å². The van der Waals surface area contributed by atoms with E-state index in [1.807, 2.05) is 18.2 Å². The fourth-order valence-electron chi connectivity index (χ4n) is 4.83. The van der Waals surface area contributed by atoms with E-state index >= 15 is 0 Å². The molecule has 2 aromatic carbocycles. The predicted octanol–water partition coefficient (Wildman–Crippen LogP) is 4.58. The van der Waals surface area contributed by atoms with Crippen molar-refractivity contribution in [2.45, 2.75) is 25.7 Å². The summed E-state index contributed by atoms with van der Waals surface area (Å²) in [6.45, 7) is 2.41. The maximum Gasteiger partial charge on any atom is 0.251 e. The summed E-state index contributed by atoms with van der Waals surface area (Å²) in [7, 11) is 0. The molecule has 1 spiro atoms. The maximum atomic E-state index is 13.9. The first kappa shape index (κ1) is 20.8. The van der Waals surface area contributed by atoms with E-state index in [0.29, 0.717) is 29.3 Å². The normalized spacial score (nSPS) is 18.1. The second-order valence-electron chi connectivity index (χ2n) is 8.37. The Morgan fingerprint density at radius 3 is 2.63 bits per heavy atom. The van der Waals surface area contributed by atoms with E-state index in [2.05, 4.69) is 20.8 Å². The highest BCUT2D eigenvalue weighted by atomic mass is 79.9. The number of hydrogen-bond acceptors (Lipinski definition) is 4. The van der Waals surface area contributed by atoms with Crippen LogP contribution in [0.1, 0.15) is 46.4 Å². The Morgan fingerprint density at radius 1 is 1.27 bits per heavy atom. The Labute approximate surface area is 183 Å². The molecule has 0 aromatic heterocycles. The number of amides is 1. The van der Waals surface area contributed by atoms with Gasteiger partial charge in [0.2, 0.25) is 0 Å². The lowest BCUT2D eigenvalue weighted by Gasteiger charge is -2.52. The van der Waals surface area contributed by atoms with E-state index < -0.39 is 11.7 Å². The first-order valence-corrected chi connectivity index (χ1v) is 10.9. The quantitative estimate of drug-likeness (QED) is 0.622. The van der Waals surface area contributed by atoms with Crippen LogP contribution in [0, 0.1) is 17.2 Å². The third kappa shape index (κ3) is 4.08. The average molecular weight is 475 g/mol. The van der Waals surface area contributed by atoms with Gasteiger partial charge in [-0.15, -0.1) is 0 Å². The molecule has 158 valence electrons. The summed E-state index contributed by atoms with van der Waals surface area (Å²) < 4.78 is 20.4. The zero-order valence-corrected chi connectivity index (χ0v) is 18.2. The fourth-order valence-corrected chi connectivity index (χ4v) is 5.28. The first-order chi connectivity index (χ1) is 14.4. The zero-order valence-electron chi connectivity index (χ0n) is 16.6. The van der Waals surface area contributed by atoms with Crippen LogP contribution in [0.2, 0.25) is 0 Å². The molecular formula is C23H24BrFN2O3. The number of nitrogens with zero attached hydrogens (tertiary/aromatic N) is 1. The van der Waals surface area contributed by atoms with Gasteiger partial charge in [-0.2, -0.15) is 0 Å². The molecule has 1 heterocycles. The second kappa shape index (κ2) is 8.38. The molecule has 5 nitrogen and oxygen atoms in total. The standard InChI is InChI=1S/C23H24BrFN2O3/c24-19-2-1-3-21(18(19)13-28)27-8-6-23(7-9-27)11-15(12-23)14-30-16-4-5-17(22(26)29)20(25)10-16/h1-5,10,13,15H,6-9,11-12,14H2,(H2,26,29). The van der Waals surface area contributed by atoms with Gasteiger partial charge >= 0.3 is 0 Å². The molecule has 2 N–H and O–H groups in total. The number of nitrogens with two attached hydrogens (primary N) is 1. The number of piperidine rings is 1. The Hall–Kier alpha value is -2.41. The number of aldehydes is 1. The average Bonchev–Trinajstić information content (AvgIpc) is 2.70. The summed E-state index contributed by atoms with van der Waals surface area (Å²) in [6, 6.07) is 10.0. The molecule has 4 rings (SSSR count). The molecule has 30 heavy (non-hydrogen) atoms. The molecule has 2 aromatic rings. The van der Waals surface area contributed by atoms with E-state index in [4.69, 9.17) is 10.5 Å². The van der Waals surface area contributed by atoms with Crippen molar-refractivity contribution < 1.29 is 18.7 Å². The third-order valence-electron chi connectivity index (χ3n) is 6.45. The molecule has 1 saturated carbocycles. The highest BCUT2D eigenvalue weighted by molar-refractivity contribution is 9.10. The molecule has 1 aliphatic carbocycles. The minimum absolute atomic E-state index is 0.125. The van der Waals surface area contributed by atoms with E-state index in [-0.39, 0.29) is 5.56 Å². The van der Waals surface area contributed by atoms with Gasteiger partial charge in [0, 0.05) is 29.3 Å². The molecule has 1 aliphatic heterocycles. The lowest BCUT2D eigenvalue weighted by atomic mass is 9.58. The van der Waals surface area contributed by atoms with Gasteiger partial charge in [-0.25, -0.2) is 4.39 Å². The molecule has 0 bridgehead atoms. The Kier molecular flexibility index (Phi) is 5.82. The van der Waals surface area contributed by atoms with Gasteiger partial charge in [-0.1, -0.05) is 6.07 Å². The smallest absolute Gasteiger partial charge is 0.251 e. The monoisotopic (exact) mass is 474 g/mol. The van der Waals surface area contributed by atoms with Crippen molar-refractivity contribution in [3.63, 3.8) is 0 Å². The summed E-state index contributed by atoms with van der Waals surface area (Å²) in [5.41, 5.74) is 7.05. The van der Waals surface area contributed by atoms with Gasteiger partial charge in [0.05, 0.1) is 17.7 Å². The van der Waals surface area contributed by atoms with E-state index in [1.54, 1.807) is 6.07 Å². The van der Waals surface area contributed by atoms with Crippen molar-refractivity contribution >= 4 is 33.8 Å². The molecule has 1 amide bonds. The van der Waals surface area contributed by atoms with Crippen molar-refractivity contribution in [2.24, 2.45) is 17.1 Å². The molecule has 0 atom stereocenters. The second-order valence-corrected chi connectivity index (χ2v) is 9.22. The summed E-state index contributed by atoms with van der Waals surface area (Å²) in [4.78, 5) is 24.9. The van der Waals surface area contributed by atoms with Crippen LogP contribution in [0.15, 0.2) is 40.9 Å². The van der Waals surface area contributed by atoms with Crippen LogP contribution in [-0.2, 0) is 0 Å². The first-order valence-electron chi connectivity index (χ1n) is 10.1. The molecule has 1 saturated heterocycles. The van der Waals surface area contributed by atoms with Gasteiger partial charge in [0.15, 0.2) is 6.29 Å². The number of halogens is 2. The number of benzene rings is 2. The van der Waals surface area contributed by atoms with Crippen molar-refractivity contribution in [3.05, 3.63) is 57.8 Å². The van der Waals surface area contributed by atoms with Gasteiger partial charge in [-0.3, -0.25) is 9.59 Å². The number of rotatable bonds is 6. The van der Waals surface area contributed by atoms with Crippen LogP contribution in [0.3, 0.4) is 0 Å². The number of ether oxygens (including phenoxy) is 1. The molecular weight excluding hydrogens is 451 g/mol. The van der Waals surface area contributed by atoms with Crippen LogP contribution in [0.25, 0.3) is 0 Å².